The lowest BCUT2D eigenvalue weighted by Gasteiger charge is -2.12. The number of anilines is 2. The lowest BCUT2D eigenvalue weighted by atomic mass is 10.2. The highest BCUT2D eigenvalue weighted by Crippen LogP contribution is 2.38. The summed E-state index contributed by atoms with van der Waals surface area (Å²) in [7, 11) is 0. The van der Waals surface area contributed by atoms with Gasteiger partial charge < -0.3 is 11.1 Å². The van der Waals surface area contributed by atoms with E-state index in [9.17, 15) is 0 Å². The van der Waals surface area contributed by atoms with Gasteiger partial charge in [-0.2, -0.15) is 0 Å². The standard InChI is InChI=1S/C13H8Br2Cl2N2S/c14-7-2-4-10(12(17)11(7)16)19-9-3-1-6(13(18)20)5-8(9)15/h1-5,19H,(H2,18,20). The van der Waals surface area contributed by atoms with Crippen molar-refractivity contribution in [2.45, 2.75) is 0 Å². The lowest BCUT2D eigenvalue weighted by molar-refractivity contribution is 1.50. The van der Waals surface area contributed by atoms with Gasteiger partial charge in [0.1, 0.15) is 4.99 Å². The molecule has 0 fully saturated rings. The molecule has 0 amide bonds. The fourth-order valence-corrected chi connectivity index (χ4v) is 2.96. The molecule has 2 nitrogen and oxygen atoms in total. The quantitative estimate of drug-likeness (QED) is 0.448. The highest BCUT2D eigenvalue weighted by atomic mass is 79.9. The van der Waals surface area contributed by atoms with E-state index >= 15 is 0 Å². The molecule has 104 valence electrons. The molecule has 2 aromatic rings. The number of hydrogen-bond acceptors (Lipinski definition) is 2. The van der Waals surface area contributed by atoms with Crippen LogP contribution in [0.15, 0.2) is 39.3 Å². The molecule has 0 radical (unpaired) electrons. The van der Waals surface area contributed by atoms with Crippen LogP contribution in [-0.4, -0.2) is 4.99 Å². The van der Waals surface area contributed by atoms with Gasteiger partial charge in [0.15, 0.2) is 0 Å². The van der Waals surface area contributed by atoms with E-state index in [4.69, 9.17) is 41.2 Å². The SMILES string of the molecule is NC(=S)c1ccc(Nc2ccc(Br)c(Cl)c2Cl)c(Br)c1. The molecule has 2 aromatic carbocycles. The first-order chi connectivity index (χ1) is 9.40. The number of benzene rings is 2. The summed E-state index contributed by atoms with van der Waals surface area (Å²) in [6, 6.07) is 9.22. The predicted octanol–water partition coefficient (Wildman–Crippen LogP) is 5.90. The van der Waals surface area contributed by atoms with Crippen molar-refractivity contribution in [2.75, 3.05) is 5.32 Å². The molecule has 2 rings (SSSR count). The van der Waals surface area contributed by atoms with Gasteiger partial charge in [-0.25, -0.2) is 0 Å². The molecule has 0 aliphatic heterocycles. The van der Waals surface area contributed by atoms with Gasteiger partial charge >= 0.3 is 0 Å². The molecule has 0 atom stereocenters. The van der Waals surface area contributed by atoms with E-state index in [0.717, 1.165) is 20.2 Å². The summed E-state index contributed by atoms with van der Waals surface area (Å²) in [6.45, 7) is 0. The molecule has 0 aromatic heterocycles. The Morgan fingerprint density at radius 2 is 1.65 bits per heavy atom. The van der Waals surface area contributed by atoms with Gasteiger partial charge in [0.25, 0.3) is 0 Å². The summed E-state index contributed by atoms with van der Waals surface area (Å²) in [6.07, 6.45) is 0. The molecule has 0 aliphatic carbocycles. The van der Waals surface area contributed by atoms with Crippen LogP contribution >= 0.6 is 67.3 Å². The fourth-order valence-electron chi connectivity index (χ4n) is 1.54. The van der Waals surface area contributed by atoms with Crippen molar-refractivity contribution in [3.63, 3.8) is 0 Å². The second-order valence-corrected chi connectivity index (χ2v) is 6.81. The Morgan fingerprint density at radius 1 is 1.00 bits per heavy atom. The highest BCUT2D eigenvalue weighted by molar-refractivity contribution is 9.11. The van der Waals surface area contributed by atoms with Crippen LogP contribution in [0.25, 0.3) is 0 Å². The van der Waals surface area contributed by atoms with Gasteiger partial charge in [-0.3, -0.25) is 0 Å². The minimum Gasteiger partial charge on any atom is -0.389 e. The smallest absolute Gasteiger partial charge is 0.104 e. The van der Waals surface area contributed by atoms with Gasteiger partial charge in [0.2, 0.25) is 0 Å². The molecule has 0 aliphatic rings. The third-order valence-corrected chi connectivity index (χ3v) is 5.22. The fraction of sp³-hybridized carbons (Fsp3) is 0. The normalized spacial score (nSPS) is 10.4. The Bertz CT molecular complexity index is 692. The number of nitrogens with two attached hydrogens (primary N) is 1. The minimum atomic E-state index is 0.349. The first kappa shape index (κ1) is 16.0. The number of halogens is 4. The van der Waals surface area contributed by atoms with E-state index in [2.05, 4.69) is 37.2 Å². The summed E-state index contributed by atoms with van der Waals surface area (Å²) in [4.78, 5) is 0.349. The van der Waals surface area contributed by atoms with E-state index in [0.29, 0.717) is 20.7 Å². The van der Waals surface area contributed by atoms with Crippen LogP contribution in [0.1, 0.15) is 5.56 Å². The Kier molecular flexibility index (Phi) is 5.31. The molecule has 0 bridgehead atoms. The number of nitrogens with one attached hydrogen (secondary N) is 1. The van der Waals surface area contributed by atoms with Gasteiger partial charge in [-0.1, -0.05) is 35.4 Å². The zero-order valence-electron chi connectivity index (χ0n) is 9.88. The molecule has 0 unspecified atom stereocenters. The van der Waals surface area contributed by atoms with E-state index < -0.39 is 0 Å². The molecule has 3 N–H and O–H groups in total. The van der Waals surface area contributed by atoms with Gasteiger partial charge in [-0.15, -0.1) is 0 Å². The summed E-state index contributed by atoms with van der Waals surface area (Å²) in [5.41, 5.74) is 7.93. The molecule has 0 heterocycles. The maximum Gasteiger partial charge on any atom is 0.104 e. The third-order valence-electron chi connectivity index (χ3n) is 2.56. The Morgan fingerprint density at radius 3 is 2.25 bits per heavy atom. The largest absolute Gasteiger partial charge is 0.389 e. The van der Waals surface area contributed by atoms with Crippen LogP contribution in [0.5, 0.6) is 0 Å². The second kappa shape index (κ2) is 6.62. The van der Waals surface area contributed by atoms with Gasteiger partial charge in [0.05, 0.1) is 21.4 Å². The molecule has 0 spiro atoms. The van der Waals surface area contributed by atoms with Crippen LogP contribution in [-0.2, 0) is 0 Å². The average Bonchev–Trinajstić information content (AvgIpc) is 2.41. The topological polar surface area (TPSA) is 38.0 Å². The second-order valence-electron chi connectivity index (χ2n) is 3.91. The van der Waals surface area contributed by atoms with Crippen LogP contribution in [0.3, 0.4) is 0 Å². The summed E-state index contributed by atoms with van der Waals surface area (Å²) in [5, 5.41) is 4.12. The molecule has 0 saturated heterocycles. The van der Waals surface area contributed by atoms with E-state index in [1.54, 1.807) is 0 Å². The van der Waals surface area contributed by atoms with Crippen LogP contribution in [0.2, 0.25) is 10.0 Å². The monoisotopic (exact) mass is 452 g/mol. The van der Waals surface area contributed by atoms with Gasteiger partial charge in [0, 0.05) is 14.5 Å². The summed E-state index contributed by atoms with van der Waals surface area (Å²) in [5.74, 6) is 0. The van der Waals surface area contributed by atoms with Crippen molar-refractivity contribution in [1.29, 1.82) is 0 Å². The first-order valence-electron chi connectivity index (χ1n) is 5.40. The van der Waals surface area contributed by atoms with Crippen molar-refractivity contribution in [3.05, 3.63) is 54.9 Å². The van der Waals surface area contributed by atoms with Gasteiger partial charge in [-0.05, 0) is 62.2 Å². The molecule has 20 heavy (non-hydrogen) atoms. The van der Waals surface area contributed by atoms with Crippen molar-refractivity contribution < 1.29 is 0 Å². The minimum absolute atomic E-state index is 0.349. The van der Waals surface area contributed by atoms with E-state index in [-0.39, 0.29) is 0 Å². The summed E-state index contributed by atoms with van der Waals surface area (Å²) >= 11 is 24.0. The van der Waals surface area contributed by atoms with E-state index in [1.807, 2.05) is 30.3 Å². The molecule has 0 saturated carbocycles. The Balaban J connectivity index is 2.36. The maximum atomic E-state index is 6.20. The molecular weight excluding hydrogens is 447 g/mol. The van der Waals surface area contributed by atoms with Crippen molar-refractivity contribution >= 4 is 83.6 Å². The number of hydrogen-bond donors (Lipinski definition) is 2. The van der Waals surface area contributed by atoms with E-state index in [1.165, 1.54) is 0 Å². The Labute approximate surface area is 148 Å². The predicted molar refractivity (Wildman–Crippen MR) is 97.5 cm³/mol. The average molecular weight is 455 g/mol. The summed E-state index contributed by atoms with van der Waals surface area (Å²) < 4.78 is 1.58. The molecular formula is C13H8Br2Cl2N2S. The Hall–Kier alpha value is -0.330. The number of thiocarbonyl (C=S) groups is 1. The maximum absolute atomic E-state index is 6.20. The van der Waals surface area contributed by atoms with Crippen molar-refractivity contribution in [2.24, 2.45) is 5.73 Å². The highest BCUT2D eigenvalue weighted by Gasteiger charge is 2.10. The van der Waals surface area contributed by atoms with Crippen LogP contribution < -0.4 is 11.1 Å². The lowest BCUT2D eigenvalue weighted by Crippen LogP contribution is -2.09. The first-order valence-corrected chi connectivity index (χ1v) is 8.15. The van der Waals surface area contributed by atoms with Crippen LogP contribution in [0, 0.1) is 0 Å². The number of rotatable bonds is 3. The molecule has 7 heteroatoms. The van der Waals surface area contributed by atoms with Crippen molar-refractivity contribution in [1.82, 2.24) is 0 Å². The van der Waals surface area contributed by atoms with Crippen molar-refractivity contribution in [3.8, 4) is 0 Å². The third kappa shape index (κ3) is 3.46. The zero-order chi connectivity index (χ0) is 14.9. The zero-order valence-corrected chi connectivity index (χ0v) is 15.4. The van der Waals surface area contributed by atoms with Crippen LogP contribution in [0.4, 0.5) is 11.4 Å².